The summed E-state index contributed by atoms with van der Waals surface area (Å²) in [7, 11) is 0. The lowest BCUT2D eigenvalue weighted by molar-refractivity contribution is 0.125. The molecule has 80 valence electrons. The van der Waals surface area contributed by atoms with Gasteiger partial charge in [0.15, 0.2) is 0 Å². The molecule has 2 unspecified atom stereocenters. The lowest BCUT2D eigenvalue weighted by Gasteiger charge is -2.30. The minimum absolute atomic E-state index is 0.198. The molecule has 1 nitrogen and oxygen atoms in total. The molecule has 0 spiro atoms. The van der Waals surface area contributed by atoms with Gasteiger partial charge < -0.3 is 5.11 Å². The highest BCUT2D eigenvalue weighted by Gasteiger charge is 2.27. The van der Waals surface area contributed by atoms with Crippen LogP contribution in [0.3, 0.4) is 0 Å². The monoisotopic (exact) mass is 202 g/mol. The molecule has 1 N–H and O–H groups in total. The van der Waals surface area contributed by atoms with Crippen molar-refractivity contribution in [1.82, 2.24) is 0 Å². The number of fused-ring (bicyclic) bond motifs is 1. The molecule has 1 aliphatic carbocycles. The molecule has 1 aromatic rings. The van der Waals surface area contributed by atoms with Crippen molar-refractivity contribution in [3.63, 3.8) is 0 Å². The van der Waals surface area contributed by atoms with Crippen molar-refractivity contribution >= 4 is 0 Å². The normalized spacial score (nSPS) is 24.7. The highest BCUT2D eigenvalue weighted by atomic mass is 16.3. The molecule has 15 heavy (non-hydrogen) atoms. The first-order chi connectivity index (χ1) is 7.18. The fraction of sp³-hybridized carbons (Fsp3) is 0.429. The summed E-state index contributed by atoms with van der Waals surface area (Å²) in [5.41, 5.74) is 3.86. The summed E-state index contributed by atoms with van der Waals surface area (Å²) in [4.78, 5) is 0. The van der Waals surface area contributed by atoms with Gasteiger partial charge in [-0.25, -0.2) is 0 Å². The topological polar surface area (TPSA) is 20.2 Å². The van der Waals surface area contributed by atoms with Gasteiger partial charge in [-0.15, -0.1) is 6.58 Å². The second-order valence-corrected chi connectivity index (χ2v) is 4.57. The molecule has 2 rings (SSSR count). The van der Waals surface area contributed by atoms with Crippen molar-refractivity contribution in [2.24, 2.45) is 0 Å². The van der Waals surface area contributed by atoms with Crippen LogP contribution in [0.25, 0.3) is 0 Å². The second kappa shape index (κ2) is 4.19. The molecule has 0 fully saturated rings. The van der Waals surface area contributed by atoms with Gasteiger partial charge >= 0.3 is 0 Å². The molecule has 0 saturated heterocycles. The molecule has 0 saturated carbocycles. The average Bonchev–Trinajstić information content (AvgIpc) is 2.22. The van der Waals surface area contributed by atoms with E-state index in [1.807, 2.05) is 6.92 Å². The molecular weight excluding hydrogens is 184 g/mol. The van der Waals surface area contributed by atoms with Gasteiger partial charge in [-0.1, -0.05) is 29.8 Å². The zero-order valence-electron chi connectivity index (χ0n) is 9.24. The molecule has 2 atom stereocenters. The Morgan fingerprint density at radius 2 is 2.20 bits per heavy atom. The van der Waals surface area contributed by atoms with E-state index < -0.39 is 0 Å². The van der Waals surface area contributed by atoms with Gasteiger partial charge in [0, 0.05) is 5.92 Å². The van der Waals surface area contributed by atoms with Crippen molar-refractivity contribution in [1.29, 1.82) is 0 Å². The number of aliphatic hydroxyl groups is 1. The quantitative estimate of drug-likeness (QED) is 0.731. The summed E-state index contributed by atoms with van der Waals surface area (Å²) < 4.78 is 0. The van der Waals surface area contributed by atoms with E-state index in [2.05, 4.69) is 30.8 Å². The van der Waals surface area contributed by atoms with Crippen molar-refractivity contribution < 1.29 is 5.11 Å². The van der Waals surface area contributed by atoms with E-state index in [1.165, 1.54) is 11.1 Å². The lowest BCUT2D eigenvalue weighted by atomic mass is 9.78. The molecule has 0 heterocycles. The molecule has 1 aromatic carbocycles. The SMILES string of the molecule is C=C(C)CC1c2ccccc2CCC1O. The first-order valence-electron chi connectivity index (χ1n) is 5.58. The van der Waals surface area contributed by atoms with Gasteiger partial charge in [-0.2, -0.15) is 0 Å². The first-order valence-corrected chi connectivity index (χ1v) is 5.58. The Bertz CT molecular complexity index is 367. The van der Waals surface area contributed by atoms with Crippen LogP contribution in [0.5, 0.6) is 0 Å². The van der Waals surface area contributed by atoms with Crippen molar-refractivity contribution in [3.8, 4) is 0 Å². The third-order valence-corrected chi connectivity index (χ3v) is 3.20. The van der Waals surface area contributed by atoms with E-state index in [1.54, 1.807) is 0 Å². The molecule has 1 heteroatoms. The van der Waals surface area contributed by atoms with E-state index in [0.717, 1.165) is 24.8 Å². The summed E-state index contributed by atoms with van der Waals surface area (Å²) in [5.74, 6) is 0.257. The summed E-state index contributed by atoms with van der Waals surface area (Å²) in [6.07, 6.45) is 2.59. The molecule has 0 radical (unpaired) electrons. The Morgan fingerprint density at radius 1 is 1.47 bits per heavy atom. The Balaban J connectivity index is 2.32. The predicted octanol–water partition coefficient (Wildman–Crippen LogP) is 3.04. The Labute approximate surface area is 91.4 Å². The number of aliphatic hydroxyl groups excluding tert-OH is 1. The smallest absolute Gasteiger partial charge is 0.0615 e. The highest BCUT2D eigenvalue weighted by Crippen LogP contribution is 2.35. The van der Waals surface area contributed by atoms with Gasteiger partial charge in [-0.3, -0.25) is 0 Å². The van der Waals surface area contributed by atoms with Gasteiger partial charge in [0.05, 0.1) is 6.10 Å². The van der Waals surface area contributed by atoms with Gasteiger partial charge in [-0.05, 0) is 37.3 Å². The fourth-order valence-corrected chi connectivity index (χ4v) is 2.46. The largest absolute Gasteiger partial charge is 0.392 e. The highest BCUT2D eigenvalue weighted by molar-refractivity contribution is 5.34. The third-order valence-electron chi connectivity index (χ3n) is 3.20. The van der Waals surface area contributed by atoms with Crippen LogP contribution in [0, 0.1) is 0 Å². The van der Waals surface area contributed by atoms with Crippen LogP contribution in [-0.2, 0) is 6.42 Å². The molecule has 0 amide bonds. The van der Waals surface area contributed by atoms with Crippen molar-refractivity contribution in [2.45, 2.75) is 38.2 Å². The number of hydrogen-bond donors (Lipinski definition) is 1. The van der Waals surface area contributed by atoms with Crippen LogP contribution in [-0.4, -0.2) is 11.2 Å². The zero-order chi connectivity index (χ0) is 10.8. The average molecular weight is 202 g/mol. The van der Waals surface area contributed by atoms with Crippen LogP contribution in [0.4, 0.5) is 0 Å². The third kappa shape index (κ3) is 2.13. The minimum atomic E-state index is -0.198. The van der Waals surface area contributed by atoms with Crippen molar-refractivity contribution in [3.05, 3.63) is 47.5 Å². The van der Waals surface area contributed by atoms with E-state index in [4.69, 9.17) is 0 Å². The van der Waals surface area contributed by atoms with Crippen LogP contribution in [0.2, 0.25) is 0 Å². The summed E-state index contributed by atoms with van der Waals surface area (Å²) in [6.45, 7) is 5.98. The van der Waals surface area contributed by atoms with Gasteiger partial charge in [0.1, 0.15) is 0 Å². The number of benzene rings is 1. The molecular formula is C14H18O. The van der Waals surface area contributed by atoms with E-state index in [9.17, 15) is 5.11 Å². The zero-order valence-corrected chi connectivity index (χ0v) is 9.24. The maximum absolute atomic E-state index is 10.0. The summed E-state index contributed by atoms with van der Waals surface area (Å²) in [6, 6.07) is 8.45. The molecule has 0 bridgehead atoms. The predicted molar refractivity (Wildman–Crippen MR) is 62.9 cm³/mol. The molecule has 1 aliphatic rings. The van der Waals surface area contributed by atoms with Crippen LogP contribution < -0.4 is 0 Å². The van der Waals surface area contributed by atoms with E-state index >= 15 is 0 Å². The second-order valence-electron chi connectivity index (χ2n) is 4.57. The Morgan fingerprint density at radius 3 is 2.93 bits per heavy atom. The summed E-state index contributed by atoms with van der Waals surface area (Å²) >= 11 is 0. The lowest BCUT2D eigenvalue weighted by Crippen LogP contribution is -2.25. The van der Waals surface area contributed by atoms with Gasteiger partial charge in [0.25, 0.3) is 0 Å². The Hall–Kier alpha value is -1.08. The molecule has 0 aromatic heterocycles. The van der Waals surface area contributed by atoms with Crippen LogP contribution in [0.15, 0.2) is 36.4 Å². The fourth-order valence-electron chi connectivity index (χ4n) is 2.46. The van der Waals surface area contributed by atoms with E-state index in [0.29, 0.717) is 0 Å². The van der Waals surface area contributed by atoms with Crippen LogP contribution in [0.1, 0.15) is 36.8 Å². The van der Waals surface area contributed by atoms with Crippen LogP contribution >= 0.6 is 0 Å². The van der Waals surface area contributed by atoms with E-state index in [-0.39, 0.29) is 12.0 Å². The maximum atomic E-state index is 10.0. The number of allylic oxidation sites excluding steroid dienone is 1. The first kappa shape index (κ1) is 10.4. The van der Waals surface area contributed by atoms with Crippen molar-refractivity contribution in [2.75, 3.05) is 0 Å². The standard InChI is InChI=1S/C14H18O/c1-10(2)9-13-12-6-4-3-5-11(12)7-8-14(13)15/h3-6,13-15H,1,7-9H2,2H3. The minimum Gasteiger partial charge on any atom is -0.392 e. The Kier molecular flexibility index (Phi) is 2.92. The number of rotatable bonds is 2. The summed E-state index contributed by atoms with van der Waals surface area (Å²) in [5, 5.41) is 10.0. The molecule has 0 aliphatic heterocycles. The van der Waals surface area contributed by atoms with Gasteiger partial charge in [0.2, 0.25) is 0 Å². The number of aryl methyl sites for hydroxylation is 1. The maximum Gasteiger partial charge on any atom is 0.0615 e. The number of hydrogen-bond acceptors (Lipinski definition) is 1.